The molecule has 0 aliphatic heterocycles. The van der Waals surface area contributed by atoms with Gasteiger partial charge in [-0.15, -0.1) is 0 Å². The molecule has 0 unspecified atom stereocenters. The zero-order chi connectivity index (χ0) is 19.8. The van der Waals surface area contributed by atoms with Crippen molar-refractivity contribution in [3.63, 3.8) is 0 Å². The molecule has 150 valence electrons. The standard InChI is InChI=1S/C21H32N2O4/c1-5-6-13-23(2)21(25)16-9-7-15(8-10-16)20(24)22-18-14-17(26-3)11-12-19(18)27-4/h11-12,14-16H,5-10,13H2,1-4H3,(H,22,24). The summed E-state index contributed by atoms with van der Waals surface area (Å²) in [7, 11) is 5.04. The van der Waals surface area contributed by atoms with Gasteiger partial charge in [-0.05, 0) is 44.2 Å². The predicted molar refractivity (Wildman–Crippen MR) is 106 cm³/mol. The molecule has 27 heavy (non-hydrogen) atoms. The van der Waals surface area contributed by atoms with Crippen molar-refractivity contribution in [2.24, 2.45) is 11.8 Å². The zero-order valence-electron chi connectivity index (χ0n) is 16.9. The van der Waals surface area contributed by atoms with Gasteiger partial charge in [-0.1, -0.05) is 13.3 Å². The molecule has 6 heteroatoms. The van der Waals surface area contributed by atoms with Gasteiger partial charge in [-0.25, -0.2) is 0 Å². The molecule has 0 bridgehead atoms. The molecule has 1 aliphatic carbocycles. The number of nitrogens with one attached hydrogen (secondary N) is 1. The number of ether oxygens (including phenoxy) is 2. The number of rotatable bonds is 8. The van der Waals surface area contributed by atoms with Crippen LogP contribution in [0.1, 0.15) is 45.4 Å². The van der Waals surface area contributed by atoms with Crippen LogP contribution in [0.15, 0.2) is 18.2 Å². The second-order valence-corrected chi connectivity index (χ2v) is 7.22. The van der Waals surface area contributed by atoms with Crippen molar-refractivity contribution in [1.29, 1.82) is 0 Å². The number of unbranched alkanes of at least 4 members (excludes halogenated alkanes) is 1. The van der Waals surface area contributed by atoms with Crippen molar-refractivity contribution in [3.8, 4) is 11.5 Å². The summed E-state index contributed by atoms with van der Waals surface area (Å²) >= 11 is 0. The highest BCUT2D eigenvalue weighted by Crippen LogP contribution is 2.33. The minimum Gasteiger partial charge on any atom is -0.497 e. The molecule has 1 aromatic carbocycles. The molecule has 1 fully saturated rings. The highest BCUT2D eigenvalue weighted by Gasteiger charge is 2.31. The molecule has 0 spiro atoms. The third-order valence-electron chi connectivity index (χ3n) is 5.34. The van der Waals surface area contributed by atoms with E-state index in [0.717, 1.165) is 45.1 Å². The number of hydrogen-bond donors (Lipinski definition) is 1. The van der Waals surface area contributed by atoms with Gasteiger partial charge in [0.15, 0.2) is 0 Å². The molecule has 1 aliphatic rings. The van der Waals surface area contributed by atoms with E-state index in [-0.39, 0.29) is 23.7 Å². The quantitative estimate of drug-likeness (QED) is 0.751. The van der Waals surface area contributed by atoms with Gasteiger partial charge in [0.05, 0.1) is 19.9 Å². The summed E-state index contributed by atoms with van der Waals surface area (Å²) in [4.78, 5) is 27.0. The summed E-state index contributed by atoms with van der Waals surface area (Å²) in [6.07, 6.45) is 5.11. The van der Waals surface area contributed by atoms with E-state index in [1.807, 2.05) is 11.9 Å². The molecule has 0 aromatic heterocycles. The van der Waals surface area contributed by atoms with Crippen molar-refractivity contribution in [2.75, 3.05) is 33.1 Å². The SMILES string of the molecule is CCCCN(C)C(=O)C1CCC(C(=O)Nc2cc(OC)ccc2OC)CC1. The first-order valence-corrected chi connectivity index (χ1v) is 9.78. The maximum Gasteiger partial charge on any atom is 0.227 e. The lowest BCUT2D eigenvalue weighted by molar-refractivity contribution is -0.136. The molecular weight excluding hydrogens is 344 g/mol. The van der Waals surface area contributed by atoms with Crippen LogP contribution in [0.3, 0.4) is 0 Å². The van der Waals surface area contributed by atoms with Crippen LogP contribution < -0.4 is 14.8 Å². The van der Waals surface area contributed by atoms with Crippen LogP contribution in [0.4, 0.5) is 5.69 Å². The maximum absolute atomic E-state index is 12.7. The summed E-state index contributed by atoms with van der Waals surface area (Å²) in [6, 6.07) is 5.32. The van der Waals surface area contributed by atoms with Gasteiger partial charge in [0, 0.05) is 31.5 Å². The van der Waals surface area contributed by atoms with Crippen molar-refractivity contribution in [3.05, 3.63) is 18.2 Å². The third-order valence-corrected chi connectivity index (χ3v) is 5.34. The monoisotopic (exact) mass is 376 g/mol. The molecule has 0 saturated heterocycles. The van der Waals surface area contributed by atoms with Crippen LogP contribution in [0.5, 0.6) is 11.5 Å². The van der Waals surface area contributed by atoms with Crippen molar-refractivity contribution >= 4 is 17.5 Å². The highest BCUT2D eigenvalue weighted by molar-refractivity contribution is 5.94. The number of benzene rings is 1. The molecule has 2 amide bonds. The molecule has 1 saturated carbocycles. The van der Waals surface area contributed by atoms with E-state index in [1.54, 1.807) is 32.4 Å². The summed E-state index contributed by atoms with van der Waals surface area (Å²) in [5.74, 6) is 1.43. The Balaban J connectivity index is 1.91. The van der Waals surface area contributed by atoms with Crippen molar-refractivity contribution in [2.45, 2.75) is 45.4 Å². The van der Waals surface area contributed by atoms with E-state index in [9.17, 15) is 9.59 Å². The Bertz CT molecular complexity index is 639. The molecular formula is C21H32N2O4. The van der Waals surface area contributed by atoms with Crippen LogP contribution in [-0.2, 0) is 9.59 Å². The smallest absolute Gasteiger partial charge is 0.227 e. The summed E-state index contributed by atoms with van der Waals surface area (Å²) in [5, 5.41) is 2.96. The fourth-order valence-electron chi connectivity index (χ4n) is 3.57. The minimum atomic E-state index is -0.0779. The number of hydrogen-bond acceptors (Lipinski definition) is 4. The first-order valence-electron chi connectivity index (χ1n) is 9.78. The Morgan fingerprint density at radius 3 is 2.37 bits per heavy atom. The maximum atomic E-state index is 12.7. The minimum absolute atomic E-state index is 0.0215. The number of carbonyl (C=O) groups excluding carboxylic acids is 2. The van der Waals surface area contributed by atoms with Gasteiger partial charge in [0.2, 0.25) is 11.8 Å². The largest absolute Gasteiger partial charge is 0.497 e. The van der Waals surface area contributed by atoms with Crippen LogP contribution in [0.2, 0.25) is 0 Å². The number of anilines is 1. The molecule has 1 N–H and O–H groups in total. The van der Waals surface area contributed by atoms with Crippen LogP contribution in [-0.4, -0.2) is 44.5 Å². The second kappa shape index (κ2) is 10.2. The molecule has 2 rings (SSSR count). The van der Waals surface area contributed by atoms with Crippen molar-refractivity contribution in [1.82, 2.24) is 4.90 Å². The Hall–Kier alpha value is -2.24. The normalized spacial score (nSPS) is 19.3. The average molecular weight is 376 g/mol. The lowest BCUT2D eigenvalue weighted by atomic mass is 9.81. The Morgan fingerprint density at radius 2 is 1.78 bits per heavy atom. The fraction of sp³-hybridized carbons (Fsp3) is 0.619. The van der Waals surface area contributed by atoms with Crippen LogP contribution in [0, 0.1) is 11.8 Å². The Kier molecular flexibility index (Phi) is 7.95. The zero-order valence-corrected chi connectivity index (χ0v) is 16.9. The van der Waals surface area contributed by atoms with Crippen molar-refractivity contribution < 1.29 is 19.1 Å². The number of methoxy groups -OCH3 is 2. The Labute approximate surface area is 162 Å². The Morgan fingerprint density at radius 1 is 1.11 bits per heavy atom. The highest BCUT2D eigenvalue weighted by atomic mass is 16.5. The molecule has 0 heterocycles. The van der Waals surface area contributed by atoms with E-state index < -0.39 is 0 Å². The first kappa shape index (κ1) is 21.1. The van der Waals surface area contributed by atoms with Gasteiger partial charge in [0.1, 0.15) is 11.5 Å². The van der Waals surface area contributed by atoms with E-state index in [0.29, 0.717) is 17.2 Å². The predicted octanol–water partition coefficient (Wildman–Crippen LogP) is 3.71. The van der Waals surface area contributed by atoms with Gasteiger partial charge < -0.3 is 19.7 Å². The van der Waals surface area contributed by atoms with Gasteiger partial charge in [-0.2, -0.15) is 0 Å². The lowest BCUT2D eigenvalue weighted by Crippen LogP contribution is -2.37. The topological polar surface area (TPSA) is 67.9 Å². The van der Waals surface area contributed by atoms with Gasteiger partial charge >= 0.3 is 0 Å². The van der Waals surface area contributed by atoms with E-state index in [2.05, 4.69) is 12.2 Å². The van der Waals surface area contributed by atoms with E-state index in [1.165, 1.54) is 0 Å². The lowest BCUT2D eigenvalue weighted by Gasteiger charge is -2.30. The summed E-state index contributed by atoms with van der Waals surface area (Å²) in [6.45, 7) is 2.94. The molecule has 0 radical (unpaired) electrons. The average Bonchev–Trinajstić information content (AvgIpc) is 2.71. The molecule has 6 nitrogen and oxygen atoms in total. The number of amides is 2. The third kappa shape index (κ3) is 5.62. The van der Waals surface area contributed by atoms with Crippen LogP contribution >= 0.6 is 0 Å². The van der Waals surface area contributed by atoms with Gasteiger partial charge in [-0.3, -0.25) is 9.59 Å². The first-order chi connectivity index (χ1) is 13.0. The number of carbonyl (C=O) groups is 2. The molecule has 0 atom stereocenters. The molecule has 1 aromatic rings. The number of nitrogens with zero attached hydrogens (tertiary/aromatic N) is 1. The summed E-state index contributed by atoms with van der Waals surface area (Å²) in [5.41, 5.74) is 0.611. The van der Waals surface area contributed by atoms with E-state index in [4.69, 9.17) is 9.47 Å². The second-order valence-electron chi connectivity index (χ2n) is 7.22. The summed E-state index contributed by atoms with van der Waals surface area (Å²) < 4.78 is 10.5. The van der Waals surface area contributed by atoms with Gasteiger partial charge in [0.25, 0.3) is 0 Å². The van der Waals surface area contributed by atoms with Crippen LogP contribution in [0.25, 0.3) is 0 Å². The fourth-order valence-corrected chi connectivity index (χ4v) is 3.57. The van der Waals surface area contributed by atoms with E-state index >= 15 is 0 Å².